The molecule has 0 aromatic carbocycles. The molecule has 1 aromatic rings. The van der Waals surface area contributed by atoms with Gasteiger partial charge in [-0.3, -0.25) is 4.79 Å². The van der Waals surface area contributed by atoms with Gasteiger partial charge in [0.15, 0.2) is 0 Å². The van der Waals surface area contributed by atoms with Crippen LogP contribution in [0, 0.1) is 0 Å². The van der Waals surface area contributed by atoms with Crippen LogP contribution in [-0.4, -0.2) is 36.0 Å². The van der Waals surface area contributed by atoms with Crippen LogP contribution >= 0.6 is 0 Å². The summed E-state index contributed by atoms with van der Waals surface area (Å²) in [5.74, 6) is 6.78. The third-order valence-electron chi connectivity index (χ3n) is 2.82. The Morgan fingerprint density at radius 1 is 1.42 bits per heavy atom. The Hall–Kier alpha value is -1.89. The maximum absolute atomic E-state index is 11.6. The van der Waals surface area contributed by atoms with Crippen LogP contribution in [-0.2, 0) is 11.2 Å². The van der Waals surface area contributed by atoms with Gasteiger partial charge in [0.1, 0.15) is 18.0 Å². The molecule has 0 saturated heterocycles. The Balaban J connectivity index is 3.10. The highest BCUT2D eigenvalue weighted by molar-refractivity contribution is 5.81. The Kier molecular flexibility index (Phi) is 6.01. The number of nitrogens with zero attached hydrogens (tertiary/aromatic N) is 3. The molecular formula is C12H22N6O. The lowest BCUT2D eigenvalue weighted by Gasteiger charge is -2.25. The van der Waals surface area contributed by atoms with Crippen LogP contribution < -0.4 is 21.5 Å². The van der Waals surface area contributed by atoms with Crippen molar-refractivity contribution in [2.24, 2.45) is 5.84 Å². The molecule has 4 N–H and O–H groups in total. The van der Waals surface area contributed by atoms with Crippen molar-refractivity contribution in [2.45, 2.75) is 26.7 Å². The molecule has 106 valence electrons. The van der Waals surface area contributed by atoms with Crippen molar-refractivity contribution in [3.05, 3.63) is 11.9 Å². The fourth-order valence-corrected chi connectivity index (χ4v) is 1.91. The first kappa shape index (κ1) is 15.2. The molecule has 0 unspecified atom stereocenters. The second-order valence-electron chi connectivity index (χ2n) is 4.12. The number of hydrazine groups is 1. The normalized spacial score (nSPS) is 10.1. The van der Waals surface area contributed by atoms with E-state index >= 15 is 0 Å². The van der Waals surface area contributed by atoms with Crippen molar-refractivity contribution in [1.29, 1.82) is 0 Å². The summed E-state index contributed by atoms with van der Waals surface area (Å²) in [5.41, 5.74) is 3.49. The molecule has 19 heavy (non-hydrogen) atoms. The number of rotatable bonds is 7. The van der Waals surface area contributed by atoms with Crippen LogP contribution in [0.1, 0.15) is 25.8 Å². The molecule has 0 aliphatic heterocycles. The minimum Gasteiger partial charge on any atom is -0.358 e. The largest absolute Gasteiger partial charge is 0.358 e. The summed E-state index contributed by atoms with van der Waals surface area (Å²) < 4.78 is 0. The van der Waals surface area contributed by atoms with E-state index in [0.717, 1.165) is 30.8 Å². The summed E-state index contributed by atoms with van der Waals surface area (Å²) in [5, 5.41) is 2.63. The maximum atomic E-state index is 11.6. The molecule has 1 amide bonds. The molecule has 1 aromatic heterocycles. The van der Waals surface area contributed by atoms with Crippen molar-refractivity contribution in [3.8, 4) is 0 Å². The van der Waals surface area contributed by atoms with E-state index < -0.39 is 0 Å². The molecule has 1 heterocycles. The fraction of sp³-hybridized carbons (Fsp3) is 0.583. The van der Waals surface area contributed by atoms with E-state index in [1.54, 1.807) is 7.05 Å². The van der Waals surface area contributed by atoms with E-state index in [2.05, 4.69) is 27.6 Å². The lowest BCUT2D eigenvalue weighted by Crippen LogP contribution is -2.37. The molecule has 0 fully saturated rings. The topological polar surface area (TPSA) is 96.2 Å². The summed E-state index contributed by atoms with van der Waals surface area (Å²) in [7, 11) is 1.63. The number of nitrogens with two attached hydrogens (primary N) is 1. The monoisotopic (exact) mass is 266 g/mol. The second-order valence-corrected chi connectivity index (χ2v) is 4.12. The van der Waals surface area contributed by atoms with E-state index in [9.17, 15) is 4.79 Å². The van der Waals surface area contributed by atoms with E-state index in [1.165, 1.54) is 6.33 Å². The van der Waals surface area contributed by atoms with Gasteiger partial charge in [-0.2, -0.15) is 0 Å². The SMILES string of the molecule is CCCN(CC(=O)NC)c1ncnc(NN)c1CC. The zero-order chi connectivity index (χ0) is 14.3. The predicted molar refractivity (Wildman–Crippen MR) is 75.8 cm³/mol. The number of nitrogens with one attached hydrogen (secondary N) is 2. The molecule has 0 bridgehead atoms. The Bertz CT molecular complexity index is 423. The lowest BCUT2D eigenvalue weighted by atomic mass is 10.2. The van der Waals surface area contributed by atoms with Crippen LogP contribution in [0.4, 0.5) is 11.6 Å². The highest BCUT2D eigenvalue weighted by Gasteiger charge is 2.17. The number of carbonyl (C=O) groups excluding carboxylic acids is 1. The summed E-state index contributed by atoms with van der Waals surface area (Å²) >= 11 is 0. The highest BCUT2D eigenvalue weighted by atomic mass is 16.1. The summed E-state index contributed by atoms with van der Waals surface area (Å²) in [6.45, 7) is 5.10. The number of nitrogen functional groups attached to an aromatic ring is 1. The molecule has 0 atom stereocenters. The predicted octanol–water partition coefficient (Wildman–Crippen LogP) is 0.287. The van der Waals surface area contributed by atoms with E-state index in [1.807, 2.05) is 11.8 Å². The van der Waals surface area contributed by atoms with Gasteiger partial charge in [-0.05, 0) is 12.8 Å². The summed E-state index contributed by atoms with van der Waals surface area (Å²) in [6, 6.07) is 0. The van der Waals surface area contributed by atoms with Crippen molar-refractivity contribution in [2.75, 3.05) is 30.5 Å². The third-order valence-corrected chi connectivity index (χ3v) is 2.82. The zero-order valence-electron chi connectivity index (χ0n) is 11.7. The molecule has 7 heteroatoms. The van der Waals surface area contributed by atoms with E-state index in [4.69, 9.17) is 5.84 Å². The average Bonchev–Trinajstić information content (AvgIpc) is 2.45. The van der Waals surface area contributed by atoms with Crippen LogP contribution in [0.2, 0.25) is 0 Å². The standard InChI is InChI=1S/C12H22N6O/c1-4-6-18(7-10(19)14-3)12-9(5-2)11(17-13)15-8-16-12/h8H,4-7,13H2,1-3H3,(H,14,19)(H,15,16,17). The number of carbonyl (C=O) groups is 1. The van der Waals surface area contributed by atoms with Gasteiger partial charge in [0.2, 0.25) is 5.91 Å². The number of aromatic nitrogens is 2. The number of likely N-dealkylation sites (N-methyl/N-ethyl adjacent to an activating group) is 1. The minimum atomic E-state index is -0.0450. The summed E-state index contributed by atoms with van der Waals surface area (Å²) in [4.78, 5) is 21.9. The Morgan fingerprint density at radius 3 is 2.68 bits per heavy atom. The van der Waals surface area contributed by atoms with E-state index in [0.29, 0.717) is 5.82 Å². The fourth-order valence-electron chi connectivity index (χ4n) is 1.91. The maximum Gasteiger partial charge on any atom is 0.239 e. The van der Waals surface area contributed by atoms with Crippen LogP contribution in [0.15, 0.2) is 6.33 Å². The van der Waals surface area contributed by atoms with Gasteiger partial charge in [-0.25, -0.2) is 15.8 Å². The molecule has 0 radical (unpaired) electrons. The quantitative estimate of drug-likeness (QED) is 0.485. The number of hydrogen-bond acceptors (Lipinski definition) is 6. The molecular weight excluding hydrogens is 244 g/mol. The van der Waals surface area contributed by atoms with Gasteiger partial charge in [0.25, 0.3) is 0 Å². The number of anilines is 2. The number of amides is 1. The van der Waals surface area contributed by atoms with Crippen LogP contribution in [0.25, 0.3) is 0 Å². The smallest absolute Gasteiger partial charge is 0.239 e. The average molecular weight is 266 g/mol. The van der Waals surface area contributed by atoms with Crippen LogP contribution in [0.5, 0.6) is 0 Å². The van der Waals surface area contributed by atoms with Gasteiger partial charge in [0.05, 0.1) is 6.54 Å². The molecule has 0 saturated carbocycles. The second kappa shape index (κ2) is 7.52. The van der Waals surface area contributed by atoms with Crippen molar-refractivity contribution < 1.29 is 4.79 Å². The van der Waals surface area contributed by atoms with Gasteiger partial charge in [-0.15, -0.1) is 0 Å². The van der Waals surface area contributed by atoms with Gasteiger partial charge >= 0.3 is 0 Å². The zero-order valence-corrected chi connectivity index (χ0v) is 11.7. The lowest BCUT2D eigenvalue weighted by molar-refractivity contribution is -0.119. The van der Waals surface area contributed by atoms with E-state index in [-0.39, 0.29) is 12.5 Å². The third kappa shape index (κ3) is 3.78. The first-order valence-corrected chi connectivity index (χ1v) is 6.43. The van der Waals surface area contributed by atoms with Crippen molar-refractivity contribution >= 4 is 17.5 Å². The van der Waals surface area contributed by atoms with Gasteiger partial charge < -0.3 is 15.6 Å². The molecule has 0 aliphatic carbocycles. The van der Waals surface area contributed by atoms with Gasteiger partial charge in [-0.1, -0.05) is 13.8 Å². The number of hydrogen-bond donors (Lipinski definition) is 3. The summed E-state index contributed by atoms with van der Waals surface area (Å²) in [6.07, 6.45) is 3.12. The van der Waals surface area contributed by atoms with Crippen molar-refractivity contribution in [3.63, 3.8) is 0 Å². The molecule has 7 nitrogen and oxygen atoms in total. The molecule has 1 rings (SSSR count). The first-order chi connectivity index (χ1) is 9.17. The Morgan fingerprint density at radius 2 is 2.16 bits per heavy atom. The van der Waals surface area contributed by atoms with Crippen LogP contribution in [0.3, 0.4) is 0 Å². The molecule has 0 spiro atoms. The van der Waals surface area contributed by atoms with Gasteiger partial charge in [0, 0.05) is 19.2 Å². The van der Waals surface area contributed by atoms with Crippen molar-refractivity contribution in [1.82, 2.24) is 15.3 Å². The Labute approximate surface area is 113 Å². The minimum absolute atomic E-state index is 0.0450. The first-order valence-electron chi connectivity index (χ1n) is 6.43. The highest BCUT2D eigenvalue weighted by Crippen LogP contribution is 2.23. The molecule has 0 aliphatic rings.